The second-order valence-corrected chi connectivity index (χ2v) is 18.4. The van der Waals surface area contributed by atoms with Crippen LogP contribution in [0, 0.1) is 0 Å². The zero-order valence-electron chi connectivity index (χ0n) is 26.3. The van der Waals surface area contributed by atoms with Crippen LogP contribution in [0.3, 0.4) is 0 Å². The third-order valence-corrected chi connectivity index (χ3v) is 15.9. The zero-order chi connectivity index (χ0) is 36.2. The molecule has 0 radical (unpaired) electrons. The van der Waals surface area contributed by atoms with Crippen molar-refractivity contribution in [3.05, 3.63) is 151 Å². The van der Waals surface area contributed by atoms with Gasteiger partial charge >= 0.3 is 5.97 Å². The first-order chi connectivity index (χ1) is 23.7. The molecule has 0 N–H and O–H groups in total. The van der Waals surface area contributed by atoms with Crippen molar-refractivity contribution in [2.75, 3.05) is 6.54 Å². The fourth-order valence-electron chi connectivity index (χ4n) is 4.96. The summed E-state index contributed by atoms with van der Waals surface area (Å²) in [6.45, 7) is -0.0857. The van der Waals surface area contributed by atoms with Crippen LogP contribution in [0.25, 0.3) is 0 Å². The normalized spacial score (nSPS) is 13.2. The zero-order valence-corrected chi connectivity index (χ0v) is 29.5. The van der Waals surface area contributed by atoms with Crippen LogP contribution < -0.4 is 4.74 Å². The van der Waals surface area contributed by atoms with Crippen LogP contribution in [-0.4, -0.2) is 53.6 Å². The molecule has 0 saturated heterocycles. The minimum atomic E-state index is -5.11. The van der Waals surface area contributed by atoms with Crippen molar-refractivity contribution in [3.63, 3.8) is 0 Å². The van der Waals surface area contributed by atoms with Gasteiger partial charge in [-0.3, -0.25) is 4.79 Å². The standard InChI is InChI=1S/C34H30N2O10S4/c1-27(37)46-29-24-22-28(23-25-29)34(36(49(42,43)32-18-10-4-11-19-32)50(44,45)33-20-12-5-13-21-33)26-35(47(38,39)30-14-6-2-7-15-30)48(40,41)31-16-8-3-9-17-31/h2-25,34H,26H2,1H3. The molecule has 0 fully saturated rings. The summed E-state index contributed by atoms with van der Waals surface area (Å²) in [6, 6.07) is 29.2. The Bertz CT molecular complexity index is 2260. The Morgan fingerprint density at radius 1 is 0.500 bits per heavy atom. The molecule has 0 aliphatic carbocycles. The van der Waals surface area contributed by atoms with E-state index < -0.39 is 78.2 Å². The number of carbonyl (C=O) groups excluding carboxylic acids is 1. The van der Waals surface area contributed by atoms with E-state index in [2.05, 4.69) is 0 Å². The number of esters is 1. The van der Waals surface area contributed by atoms with Gasteiger partial charge in [0.25, 0.3) is 40.1 Å². The monoisotopic (exact) mass is 754 g/mol. The highest BCUT2D eigenvalue weighted by Crippen LogP contribution is 2.38. The quantitative estimate of drug-likeness (QED) is 0.120. The van der Waals surface area contributed by atoms with Gasteiger partial charge in [-0.05, 0) is 66.2 Å². The van der Waals surface area contributed by atoms with Gasteiger partial charge in [-0.25, -0.2) is 33.7 Å². The van der Waals surface area contributed by atoms with Gasteiger partial charge in [-0.15, -0.1) is 0 Å². The Hall–Kier alpha value is -4.71. The molecule has 12 nitrogen and oxygen atoms in total. The number of hydrogen-bond acceptors (Lipinski definition) is 10. The first kappa shape index (κ1) is 36.6. The Morgan fingerprint density at radius 3 is 1.14 bits per heavy atom. The third kappa shape index (κ3) is 7.55. The van der Waals surface area contributed by atoms with Gasteiger partial charge in [0, 0.05) is 6.92 Å². The summed E-state index contributed by atoms with van der Waals surface area (Å²) >= 11 is 0. The number of ether oxygens (including phenoxy) is 1. The van der Waals surface area contributed by atoms with Crippen LogP contribution in [0.4, 0.5) is 0 Å². The molecule has 5 rings (SSSR count). The van der Waals surface area contributed by atoms with Crippen molar-refractivity contribution < 1.29 is 43.2 Å². The molecule has 0 aliphatic rings. The lowest BCUT2D eigenvalue weighted by atomic mass is 10.1. The summed E-state index contributed by atoms with van der Waals surface area (Å²) in [5, 5.41) is 0. The van der Waals surface area contributed by atoms with Gasteiger partial charge in [0.05, 0.1) is 32.2 Å². The summed E-state index contributed by atoms with van der Waals surface area (Å²) in [4.78, 5) is 9.78. The van der Waals surface area contributed by atoms with Gasteiger partial charge in [-0.2, -0.15) is 0 Å². The Balaban J connectivity index is 1.84. The van der Waals surface area contributed by atoms with E-state index in [0.29, 0.717) is 0 Å². The molecule has 5 aromatic carbocycles. The second-order valence-electron chi connectivity index (χ2n) is 10.6. The Labute approximate surface area is 291 Å². The number of nitrogens with zero attached hydrogens (tertiary/aromatic N) is 2. The second kappa shape index (κ2) is 14.6. The summed E-state index contributed by atoms with van der Waals surface area (Å²) in [7, 11) is -20.3. The average molecular weight is 755 g/mol. The lowest BCUT2D eigenvalue weighted by Crippen LogP contribution is -2.47. The molecule has 1 atom stereocenters. The molecule has 0 heterocycles. The first-order valence-electron chi connectivity index (χ1n) is 14.7. The predicted octanol–water partition coefficient (Wildman–Crippen LogP) is 4.81. The molecule has 0 bridgehead atoms. The van der Waals surface area contributed by atoms with Gasteiger partial charge in [0.15, 0.2) is 0 Å². The van der Waals surface area contributed by atoms with Crippen molar-refractivity contribution in [2.24, 2.45) is 0 Å². The first-order valence-corrected chi connectivity index (χ1v) is 20.5. The molecular formula is C34H30N2O10S4. The Kier molecular flexibility index (Phi) is 10.7. The van der Waals surface area contributed by atoms with Crippen molar-refractivity contribution in [2.45, 2.75) is 32.5 Å². The minimum Gasteiger partial charge on any atom is -0.427 e. The SMILES string of the molecule is CC(=O)Oc1ccc(C(CN(S(=O)(=O)c2ccccc2)S(=O)(=O)c2ccccc2)N(S(=O)(=O)c2ccccc2)S(=O)(=O)c2ccccc2)cc1. The van der Waals surface area contributed by atoms with E-state index in [1.54, 1.807) is 0 Å². The molecule has 0 saturated carbocycles. The third-order valence-electron chi connectivity index (χ3n) is 7.28. The van der Waals surface area contributed by atoms with E-state index >= 15 is 0 Å². The summed E-state index contributed by atoms with van der Waals surface area (Å²) in [5.74, 6) is -0.669. The highest BCUT2D eigenvalue weighted by Gasteiger charge is 2.47. The summed E-state index contributed by atoms with van der Waals surface area (Å²) in [5.41, 5.74) is -0.142. The molecular weight excluding hydrogens is 725 g/mol. The summed E-state index contributed by atoms with van der Waals surface area (Å²) < 4.78 is 121. The number of hydrogen-bond donors (Lipinski definition) is 0. The molecule has 0 aliphatic heterocycles. The van der Waals surface area contributed by atoms with Crippen molar-refractivity contribution >= 4 is 46.1 Å². The lowest BCUT2D eigenvalue weighted by molar-refractivity contribution is -0.131. The van der Waals surface area contributed by atoms with E-state index in [1.165, 1.54) is 97.1 Å². The van der Waals surface area contributed by atoms with Crippen LogP contribution in [0.15, 0.2) is 165 Å². The minimum absolute atomic E-state index is 0.00838. The van der Waals surface area contributed by atoms with Crippen LogP contribution in [0.1, 0.15) is 18.5 Å². The van der Waals surface area contributed by atoms with E-state index in [9.17, 15) is 38.5 Å². The smallest absolute Gasteiger partial charge is 0.308 e. The maximum atomic E-state index is 14.6. The maximum Gasteiger partial charge on any atom is 0.308 e. The molecule has 50 heavy (non-hydrogen) atoms. The molecule has 0 amide bonds. The molecule has 260 valence electrons. The molecule has 0 spiro atoms. The number of benzene rings is 5. The number of carbonyl (C=O) groups is 1. The van der Waals surface area contributed by atoms with E-state index in [-0.39, 0.29) is 18.7 Å². The topological polar surface area (TPSA) is 169 Å². The average Bonchev–Trinajstić information content (AvgIpc) is 3.11. The number of sulfonamides is 4. The number of rotatable bonds is 13. The highest BCUT2D eigenvalue weighted by atomic mass is 32.3. The maximum absolute atomic E-state index is 14.6. The van der Waals surface area contributed by atoms with E-state index in [4.69, 9.17) is 4.74 Å². The van der Waals surface area contributed by atoms with Gasteiger partial charge in [0.1, 0.15) is 5.75 Å². The predicted molar refractivity (Wildman–Crippen MR) is 184 cm³/mol. The molecule has 0 aromatic heterocycles. The Morgan fingerprint density at radius 2 is 0.820 bits per heavy atom. The fourth-order valence-corrected chi connectivity index (χ4v) is 12.7. The lowest BCUT2D eigenvalue weighted by Gasteiger charge is -2.33. The molecule has 5 aromatic rings. The van der Waals surface area contributed by atoms with Crippen LogP contribution in [-0.2, 0) is 44.9 Å². The van der Waals surface area contributed by atoms with Crippen molar-refractivity contribution in [1.29, 1.82) is 0 Å². The van der Waals surface area contributed by atoms with Crippen LogP contribution >= 0.6 is 0 Å². The van der Waals surface area contributed by atoms with Gasteiger partial charge in [-0.1, -0.05) is 92.4 Å². The fraction of sp³-hybridized carbons (Fsp3) is 0.0882. The van der Waals surface area contributed by atoms with Gasteiger partial charge < -0.3 is 4.74 Å². The van der Waals surface area contributed by atoms with E-state index in [0.717, 1.165) is 55.5 Å². The van der Waals surface area contributed by atoms with Crippen molar-refractivity contribution in [3.8, 4) is 5.75 Å². The van der Waals surface area contributed by atoms with Crippen molar-refractivity contribution in [1.82, 2.24) is 7.42 Å². The molecule has 16 heteroatoms. The highest BCUT2D eigenvalue weighted by molar-refractivity contribution is 8.04. The van der Waals surface area contributed by atoms with Crippen LogP contribution in [0.2, 0.25) is 0 Å². The van der Waals surface area contributed by atoms with E-state index in [1.807, 2.05) is 0 Å². The molecule has 1 unspecified atom stereocenters. The largest absolute Gasteiger partial charge is 0.427 e. The summed E-state index contributed by atoms with van der Waals surface area (Å²) in [6.07, 6.45) is 0. The van der Waals surface area contributed by atoms with Crippen LogP contribution in [0.5, 0.6) is 5.75 Å². The van der Waals surface area contributed by atoms with Gasteiger partial charge in [0.2, 0.25) is 0 Å².